The average molecular weight is 332 g/mol. The minimum Gasteiger partial charge on any atom is -0.387 e. The summed E-state index contributed by atoms with van der Waals surface area (Å²) in [5.74, 6) is 0. The van der Waals surface area contributed by atoms with Crippen LogP contribution in [0.3, 0.4) is 0 Å². The van der Waals surface area contributed by atoms with Gasteiger partial charge in [-0.1, -0.05) is 29.3 Å². The number of halogens is 5. The van der Waals surface area contributed by atoms with Gasteiger partial charge in [-0.15, -0.1) is 0 Å². The molecule has 1 aromatic rings. The lowest BCUT2D eigenvalue weighted by molar-refractivity contribution is -0.207. The van der Waals surface area contributed by atoms with E-state index in [0.717, 1.165) is 0 Å². The van der Waals surface area contributed by atoms with Crippen molar-refractivity contribution in [3.8, 4) is 0 Å². The van der Waals surface area contributed by atoms with Crippen molar-refractivity contribution in [3.63, 3.8) is 0 Å². The van der Waals surface area contributed by atoms with E-state index in [1.54, 1.807) is 0 Å². The molecule has 114 valence electrons. The third-order valence-corrected chi connectivity index (χ3v) is 3.23. The van der Waals surface area contributed by atoms with Gasteiger partial charge < -0.3 is 15.1 Å². The molecule has 1 aromatic carbocycles. The summed E-state index contributed by atoms with van der Waals surface area (Å²) in [5, 5.41) is 19.5. The summed E-state index contributed by atoms with van der Waals surface area (Å²) in [4.78, 5) is 1.17. The van der Waals surface area contributed by atoms with E-state index in [0.29, 0.717) is 10.6 Å². The van der Waals surface area contributed by atoms with Crippen molar-refractivity contribution in [2.45, 2.75) is 18.4 Å². The van der Waals surface area contributed by atoms with Gasteiger partial charge in [-0.3, -0.25) is 0 Å². The molecule has 1 rings (SSSR count). The average Bonchev–Trinajstić information content (AvgIpc) is 2.26. The molecule has 0 aliphatic carbocycles. The van der Waals surface area contributed by atoms with E-state index in [2.05, 4.69) is 0 Å². The third kappa shape index (κ3) is 5.10. The van der Waals surface area contributed by atoms with Crippen molar-refractivity contribution < 1.29 is 23.4 Å². The molecular weight excluding hydrogens is 318 g/mol. The molecule has 0 saturated heterocycles. The van der Waals surface area contributed by atoms with Crippen molar-refractivity contribution >= 4 is 23.2 Å². The molecule has 2 atom stereocenters. The van der Waals surface area contributed by atoms with Gasteiger partial charge in [-0.05, 0) is 19.2 Å². The van der Waals surface area contributed by atoms with Crippen LogP contribution >= 0.6 is 23.2 Å². The van der Waals surface area contributed by atoms with Crippen LogP contribution in [0.25, 0.3) is 0 Å². The van der Waals surface area contributed by atoms with Crippen molar-refractivity contribution in [2.24, 2.45) is 0 Å². The van der Waals surface area contributed by atoms with Crippen LogP contribution in [0.15, 0.2) is 18.2 Å². The van der Waals surface area contributed by atoms with E-state index < -0.39 is 24.9 Å². The van der Waals surface area contributed by atoms with Gasteiger partial charge in [0.1, 0.15) is 0 Å². The van der Waals surface area contributed by atoms with Crippen LogP contribution in [0.4, 0.5) is 13.2 Å². The standard InChI is InChI=1S/C12H14Cl2F3NO2/c1-18(6-11(20)12(15,16)17)5-10(19)8-3-2-7(13)4-9(8)14/h2-4,10-11,19-20H,5-6H2,1H3. The van der Waals surface area contributed by atoms with Crippen LogP contribution in [0.2, 0.25) is 10.0 Å². The number of hydrogen-bond donors (Lipinski definition) is 2. The van der Waals surface area contributed by atoms with E-state index in [-0.39, 0.29) is 11.6 Å². The fourth-order valence-corrected chi connectivity index (χ4v) is 2.17. The molecule has 20 heavy (non-hydrogen) atoms. The van der Waals surface area contributed by atoms with Crippen LogP contribution in [0.1, 0.15) is 11.7 Å². The van der Waals surface area contributed by atoms with Crippen LogP contribution in [0, 0.1) is 0 Å². The van der Waals surface area contributed by atoms with Crippen molar-refractivity contribution in [1.82, 2.24) is 4.90 Å². The predicted octanol–water partition coefficient (Wildman–Crippen LogP) is 2.88. The smallest absolute Gasteiger partial charge is 0.387 e. The van der Waals surface area contributed by atoms with Crippen molar-refractivity contribution in [2.75, 3.05) is 20.1 Å². The summed E-state index contributed by atoms with van der Waals surface area (Å²) < 4.78 is 36.6. The first-order chi connectivity index (χ1) is 9.11. The topological polar surface area (TPSA) is 43.7 Å². The Morgan fingerprint density at radius 2 is 1.80 bits per heavy atom. The minimum absolute atomic E-state index is 0.103. The number of alkyl halides is 3. The Morgan fingerprint density at radius 1 is 1.20 bits per heavy atom. The molecule has 0 heterocycles. The minimum atomic E-state index is -4.68. The lowest BCUT2D eigenvalue weighted by Gasteiger charge is -2.24. The molecule has 0 saturated carbocycles. The number of rotatable bonds is 5. The maximum atomic E-state index is 12.2. The zero-order valence-electron chi connectivity index (χ0n) is 10.5. The highest BCUT2D eigenvalue weighted by atomic mass is 35.5. The Hall–Kier alpha value is -0.530. The number of benzene rings is 1. The largest absolute Gasteiger partial charge is 0.415 e. The van der Waals surface area contributed by atoms with Crippen LogP contribution in [-0.4, -0.2) is 47.5 Å². The van der Waals surface area contributed by atoms with E-state index in [9.17, 15) is 18.3 Å². The fraction of sp³-hybridized carbons (Fsp3) is 0.500. The van der Waals surface area contributed by atoms with Gasteiger partial charge in [0.2, 0.25) is 0 Å². The molecule has 0 radical (unpaired) electrons. The van der Waals surface area contributed by atoms with Crippen LogP contribution in [-0.2, 0) is 0 Å². The monoisotopic (exact) mass is 331 g/mol. The number of likely N-dealkylation sites (N-methyl/N-ethyl adjacent to an activating group) is 1. The number of nitrogens with zero attached hydrogens (tertiary/aromatic N) is 1. The number of aliphatic hydroxyl groups excluding tert-OH is 2. The molecule has 0 aliphatic heterocycles. The second kappa shape index (κ2) is 6.95. The highest BCUT2D eigenvalue weighted by Crippen LogP contribution is 2.27. The summed E-state index contributed by atoms with van der Waals surface area (Å²) in [7, 11) is 1.36. The molecule has 0 aromatic heterocycles. The summed E-state index contributed by atoms with van der Waals surface area (Å²) in [6.07, 6.45) is -8.22. The second-order valence-corrected chi connectivity index (χ2v) is 5.30. The zero-order chi connectivity index (χ0) is 15.5. The Labute approximate surface area is 124 Å². The number of hydrogen-bond acceptors (Lipinski definition) is 3. The van der Waals surface area contributed by atoms with Gasteiger partial charge in [-0.25, -0.2) is 0 Å². The van der Waals surface area contributed by atoms with E-state index >= 15 is 0 Å². The van der Waals surface area contributed by atoms with Gasteiger partial charge in [0.05, 0.1) is 6.10 Å². The molecule has 0 fully saturated rings. The van der Waals surface area contributed by atoms with Gasteiger partial charge in [0.15, 0.2) is 6.10 Å². The van der Waals surface area contributed by atoms with Gasteiger partial charge in [-0.2, -0.15) is 13.2 Å². The first-order valence-electron chi connectivity index (χ1n) is 5.67. The molecule has 0 spiro atoms. The summed E-state index contributed by atoms with van der Waals surface area (Å²) in [5.41, 5.74) is 0.365. The predicted molar refractivity (Wildman–Crippen MR) is 71.0 cm³/mol. The normalized spacial score (nSPS) is 15.4. The summed E-state index contributed by atoms with van der Waals surface area (Å²) >= 11 is 11.6. The van der Waals surface area contributed by atoms with Gasteiger partial charge in [0, 0.05) is 28.7 Å². The maximum absolute atomic E-state index is 12.2. The molecule has 0 aliphatic rings. The maximum Gasteiger partial charge on any atom is 0.415 e. The molecule has 0 amide bonds. The molecule has 0 bridgehead atoms. The Bertz CT molecular complexity index is 457. The highest BCUT2D eigenvalue weighted by Gasteiger charge is 2.38. The molecular formula is C12H14Cl2F3NO2. The van der Waals surface area contributed by atoms with Crippen LogP contribution in [0.5, 0.6) is 0 Å². The lowest BCUT2D eigenvalue weighted by atomic mass is 10.1. The SMILES string of the molecule is CN(CC(O)c1ccc(Cl)cc1Cl)CC(O)C(F)(F)F. The molecule has 2 unspecified atom stereocenters. The lowest BCUT2D eigenvalue weighted by Crippen LogP contribution is -2.40. The summed E-state index contributed by atoms with van der Waals surface area (Å²) in [6, 6.07) is 4.46. The van der Waals surface area contributed by atoms with Crippen molar-refractivity contribution in [3.05, 3.63) is 33.8 Å². The van der Waals surface area contributed by atoms with E-state index in [1.165, 1.54) is 30.1 Å². The highest BCUT2D eigenvalue weighted by molar-refractivity contribution is 6.35. The Balaban J connectivity index is 2.63. The van der Waals surface area contributed by atoms with Gasteiger partial charge in [0.25, 0.3) is 0 Å². The number of aliphatic hydroxyl groups is 2. The second-order valence-electron chi connectivity index (χ2n) is 4.46. The zero-order valence-corrected chi connectivity index (χ0v) is 12.0. The molecule has 2 N–H and O–H groups in total. The van der Waals surface area contributed by atoms with E-state index in [1.807, 2.05) is 0 Å². The quantitative estimate of drug-likeness (QED) is 0.871. The third-order valence-electron chi connectivity index (χ3n) is 2.67. The van der Waals surface area contributed by atoms with Gasteiger partial charge >= 0.3 is 6.18 Å². The van der Waals surface area contributed by atoms with Crippen molar-refractivity contribution in [1.29, 1.82) is 0 Å². The molecule has 3 nitrogen and oxygen atoms in total. The fourth-order valence-electron chi connectivity index (χ4n) is 1.64. The Kier molecular flexibility index (Phi) is 6.09. The first-order valence-corrected chi connectivity index (χ1v) is 6.43. The molecule has 8 heteroatoms. The first kappa shape index (κ1) is 17.5. The summed E-state index contributed by atoms with van der Waals surface area (Å²) in [6.45, 7) is -0.736. The Morgan fingerprint density at radius 3 is 2.30 bits per heavy atom. The van der Waals surface area contributed by atoms with Crippen LogP contribution < -0.4 is 0 Å². The van der Waals surface area contributed by atoms with E-state index in [4.69, 9.17) is 28.3 Å².